The average molecular weight is 382 g/mol. The molecule has 0 unspecified atom stereocenters. The first kappa shape index (κ1) is 18.5. The number of hydrogen-bond donors (Lipinski definition) is 0. The SMILES string of the molecule is CCOC(=O)C1=C(c2ccccc2)[C@H]2[C@@H]1[C@H]1C[C@@H]2C(C(=O)OC)=C1C(=O)OC. The highest BCUT2D eigenvalue weighted by Crippen LogP contribution is 2.67. The number of benzene rings is 1. The summed E-state index contributed by atoms with van der Waals surface area (Å²) in [6, 6.07) is 9.67. The van der Waals surface area contributed by atoms with E-state index in [1.807, 2.05) is 30.3 Å². The van der Waals surface area contributed by atoms with Crippen LogP contribution in [-0.4, -0.2) is 38.7 Å². The van der Waals surface area contributed by atoms with Gasteiger partial charge in [-0.25, -0.2) is 14.4 Å². The van der Waals surface area contributed by atoms with Crippen molar-refractivity contribution in [3.05, 3.63) is 52.6 Å². The zero-order valence-electron chi connectivity index (χ0n) is 16.1. The molecule has 1 fully saturated rings. The van der Waals surface area contributed by atoms with E-state index in [1.165, 1.54) is 14.2 Å². The Kier molecular flexibility index (Phi) is 4.57. The summed E-state index contributed by atoms with van der Waals surface area (Å²) in [6.07, 6.45) is 0.628. The lowest BCUT2D eigenvalue weighted by molar-refractivity contribution is -0.141. The lowest BCUT2D eigenvalue weighted by Crippen LogP contribution is -2.42. The fraction of sp³-hybridized carbons (Fsp3) is 0.409. The minimum Gasteiger partial charge on any atom is -0.466 e. The molecular weight excluding hydrogens is 360 g/mol. The minimum atomic E-state index is -0.525. The Hall–Kier alpha value is -2.89. The predicted octanol–water partition coefficient (Wildman–Crippen LogP) is 2.54. The van der Waals surface area contributed by atoms with Gasteiger partial charge in [-0.3, -0.25) is 0 Å². The number of hydrogen-bond acceptors (Lipinski definition) is 6. The number of fused-ring (bicyclic) bond motifs is 5. The molecule has 0 spiro atoms. The molecule has 0 aliphatic heterocycles. The van der Waals surface area contributed by atoms with Crippen LogP contribution in [0.1, 0.15) is 18.9 Å². The largest absolute Gasteiger partial charge is 0.466 e. The number of allylic oxidation sites excluding steroid dienone is 1. The summed E-state index contributed by atoms with van der Waals surface area (Å²) >= 11 is 0. The average Bonchev–Trinajstić information content (AvgIpc) is 3.20. The van der Waals surface area contributed by atoms with Gasteiger partial charge in [0.2, 0.25) is 0 Å². The van der Waals surface area contributed by atoms with E-state index < -0.39 is 11.9 Å². The van der Waals surface area contributed by atoms with Gasteiger partial charge in [0.1, 0.15) is 0 Å². The van der Waals surface area contributed by atoms with E-state index in [0.29, 0.717) is 23.1 Å². The van der Waals surface area contributed by atoms with Gasteiger partial charge in [0.05, 0.1) is 32.0 Å². The van der Waals surface area contributed by atoms with Crippen LogP contribution in [0.5, 0.6) is 0 Å². The maximum atomic E-state index is 12.7. The van der Waals surface area contributed by atoms with Gasteiger partial charge in [-0.1, -0.05) is 30.3 Å². The molecule has 3 aliphatic rings. The van der Waals surface area contributed by atoms with Crippen molar-refractivity contribution in [1.29, 1.82) is 0 Å². The van der Waals surface area contributed by atoms with Crippen molar-refractivity contribution in [3.8, 4) is 0 Å². The maximum Gasteiger partial charge on any atom is 0.334 e. The van der Waals surface area contributed by atoms with Crippen molar-refractivity contribution in [3.63, 3.8) is 0 Å². The van der Waals surface area contributed by atoms with Gasteiger partial charge in [-0.2, -0.15) is 0 Å². The molecule has 1 saturated carbocycles. The third kappa shape index (κ3) is 2.44. The standard InChI is InChI=1S/C22H22O6/c1-4-28-22(25)19-14(11-8-6-5-7-9-11)15-12-10-13(16(15)19)18(21(24)27-3)17(12)20(23)26-2/h5-9,12-13,15-16H,4,10H2,1-3H3/t12-,13+,15-,16-/m0/s1. The topological polar surface area (TPSA) is 78.9 Å². The zero-order chi connectivity index (χ0) is 20.0. The smallest absolute Gasteiger partial charge is 0.334 e. The number of ether oxygens (including phenoxy) is 3. The van der Waals surface area contributed by atoms with Crippen LogP contribution in [0.15, 0.2) is 47.1 Å². The minimum absolute atomic E-state index is 0.00527. The molecule has 6 heteroatoms. The molecule has 0 aromatic heterocycles. The quantitative estimate of drug-likeness (QED) is 0.575. The van der Waals surface area contributed by atoms with Crippen LogP contribution in [0, 0.1) is 23.7 Å². The van der Waals surface area contributed by atoms with Crippen LogP contribution >= 0.6 is 0 Å². The zero-order valence-corrected chi connectivity index (χ0v) is 16.1. The molecular formula is C22H22O6. The van der Waals surface area contributed by atoms with Crippen molar-refractivity contribution in [2.24, 2.45) is 23.7 Å². The van der Waals surface area contributed by atoms with Gasteiger partial charge in [0.25, 0.3) is 0 Å². The van der Waals surface area contributed by atoms with E-state index in [1.54, 1.807) is 6.92 Å². The third-order valence-corrected chi connectivity index (χ3v) is 6.14. The van der Waals surface area contributed by atoms with Gasteiger partial charge in [-0.05, 0) is 42.2 Å². The van der Waals surface area contributed by atoms with Crippen LogP contribution in [0.2, 0.25) is 0 Å². The Bertz CT molecular complexity index is 910. The van der Waals surface area contributed by atoms with E-state index in [0.717, 1.165) is 11.1 Å². The molecule has 0 radical (unpaired) electrons. The second-order valence-electron chi connectivity index (χ2n) is 7.22. The second kappa shape index (κ2) is 6.93. The molecule has 4 atom stereocenters. The first-order valence-corrected chi connectivity index (χ1v) is 9.42. The second-order valence-corrected chi connectivity index (χ2v) is 7.22. The summed E-state index contributed by atoms with van der Waals surface area (Å²) in [5, 5.41) is 0. The molecule has 0 saturated heterocycles. The lowest BCUT2D eigenvalue weighted by atomic mass is 9.58. The molecule has 2 bridgehead atoms. The summed E-state index contributed by atoms with van der Waals surface area (Å²) in [5.74, 6) is -1.91. The van der Waals surface area contributed by atoms with Crippen molar-refractivity contribution >= 4 is 23.5 Å². The maximum absolute atomic E-state index is 12.7. The lowest BCUT2D eigenvalue weighted by Gasteiger charge is -2.44. The van der Waals surface area contributed by atoms with Gasteiger partial charge in [0, 0.05) is 11.5 Å². The first-order valence-electron chi connectivity index (χ1n) is 9.42. The van der Waals surface area contributed by atoms with Gasteiger partial charge in [0.15, 0.2) is 0 Å². The molecule has 1 aromatic carbocycles. The number of carbonyl (C=O) groups excluding carboxylic acids is 3. The highest BCUT2D eigenvalue weighted by Gasteiger charge is 2.64. The summed E-state index contributed by atoms with van der Waals surface area (Å²) in [6.45, 7) is 2.05. The Morgan fingerprint density at radius 2 is 1.43 bits per heavy atom. The van der Waals surface area contributed by atoms with Crippen LogP contribution in [0.3, 0.4) is 0 Å². The van der Waals surface area contributed by atoms with Crippen molar-refractivity contribution < 1.29 is 28.6 Å². The predicted molar refractivity (Wildman–Crippen MR) is 99.6 cm³/mol. The molecule has 146 valence electrons. The number of methoxy groups -OCH3 is 2. The van der Waals surface area contributed by atoms with E-state index >= 15 is 0 Å². The molecule has 1 aromatic rings. The van der Waals surface area contributed by atoms with Crippen LogP contribution in [0.25, 0.3) is 5.57 Å². The van der Waals surface area contributed by atoms with Crippen molar-refractivity contribution in [1.82, 2.24) is 0 Å². The van der Waals surface area contributed by atoms with Crippen LogP contribution < -0.4 is 0 Å². The number of esters is 3. The molecule has 0 heterocycles. The summed E-state index contributed by atoms with van der Waals surface area (Å²) < 4.78 is 15.2. The Morgan fingerprint density at radius 3 is 1.96 bits per heavy atom. The summed E-state index contributed by atoms with van der Waals surface area (Å²) in [7, 11) is 2.61. The summed E-state index contributed by atoms with van der Waals surface area (Å²) in [4.78, 5) is 37.7. The van der Waals surface area contributed by atoms with Crippen LogP contribution in [0.4, 0.5) is 0 Å². The Balaban J connectivity index is 1.83. The Morgan fingerprint density at radius 1 is 0.857 bits per heavy atom. The van der Waals surface area contributed by atoms with E-state index in [2.05, 4.69) is 0 Å². The molecule has 4 rings (SSSR count). The third-order valence-electron chi connectivity index (χ3n) is 6.14. The van der Waals surface area contributed by atoms with Crippen molar-refractivity contribution in [2.45, 2.75) is 13.3 Å². The first-order chi connectivity index (χ1) is 13.5. The number of carbonyl (C=O) groups is 3. The monoisotopic (exact) mass is 382 g/mol. The van der Waals surface area contributed by atoms with Gasteiger partial charge >= 0.3 is 17.9 Å². The Labute approximate surface area is 163 Å². The highest BCUT2D eigenvalue weighted by molar-refractivity contribution is 6.08. The highest BCUT2D eigenvalue weighted by atomic mass is 16.5. The van der Waals surface area contributed by atoms with E-state index in [4.69, 9.17) is 14.2 Å². The normalized spacial score (nSPS) is 27.2. The fourth-order valence-corrected chi connectivity index (χ4v) is 5.25. The molecule has 0 N–H and O–H groups in total. The van der Waals surface area contributed by atoms with Crippen molar-refractivity contribution in [2.75, 3.05) is 20.8 Å². The molecule has 0 amide bonds. The van der Waals surface area contributed by atoms with Crippen LogP contribution in [-0.2, 0) is 28.6 Å². The van der Waals surface area contributed by atoms with Gasteiger partial charge in [-0.15, -0.1) is 0 Å². The van der Waals surface area contributed by atoms with E-state index in [-0.39, 0.29) is 36.2 Å². The summed E-state index contributed by atoms with van der Waals surface area (Å²) in [5.41, 5.74) is 3.24. The van der Waals surface area contributed by atoms with E-state index in [9.17, 15) is 14.4 Å². The molecule has 6 nitrogen and oxygen atoms in total. The van der Waals surface area contributed by atoms with Gasteiger partial charge < -0.3 is 14.2 Å². The number of rotatable bonds is 5. The molecule has 3 aliphatic carbocycles. The fourth-order valence-electron chi connectivity index (χ4n) is 5.25. The molecule has 28 heavy (non-hydrogen) atoms.